The van der Waals surface area contributed by atoms with E-state index in [-0.39, 0.29) is 6.61 Å². The maximum absolute atomic E-state index is 9.71. The molecular formula is C21H20N6O. The summed E-state index contributed by atoms with van der Waals surface area (Å²) in [5, 5.41) is 25.3. The minimum Gasteiger partial charge on any atom is -0.390 e. The summed E-state index contributed by atoms with van der Waals surface area (Å²) in [6.07, 6.45) is 3.73. The molecule has 3 heterocycles. The first-order valence-corrected chi connectivity index (χ1v) is 9.26. The van der Waals surface area contributed by atoms with Crippen LogP contribution in [0.4, 0.5) is 0 Å². The van der Waals surface area contributed by atoms with E-state index in [1.165, 1.54) is 0 Å². The number of fused-ring (bicyclic) bond motifs is 2. The molecule has 0 saturated heterocycles. The van der Waals surface area contributed by atoms with E-state index in [2.05, 4.69) is 40.4 Å². The van der Waals surface area contributed by atoms with E-state index in [1.54, 1.807) is 0 Å². The van der Waals surface area contributed by atoms with Gasteiger partial charge in [0.25, 0.3) is 0 Å². The van der Waals surface area contributed by atoms with Crippen LogP contribution in [0.3, 0.4) is 0 Å². The van der Waals surface area contributed by atoms with Gasteiger partial charge < -0.3 is 5.11 Å². The molecule has 0 fully saturated rings. The van der Waals surface area contributed by atoms with E-state index < -0.39 is 0 Å². The van der Waals surface area contributed by atoms with E-state index in [9.17, 15) is 5.11 Å². The normalized spacial score (nSPS) is 11.7. The Morgan fingerprint density at radius 1 is 1.00 bits per heavy atom. The van der Waals surface area contributed by atoms with Crippen molar-refractivity contribution in [3.05, 3.63) is 60.6 Å². The molecule has 5 rings (SSSR count). The first-order chi connectivity index (χ1) is 13.7. The number of aliphatic hydroxyl groups is 1. The van der Waals surface area contributed by atoms with Crippen LogP contribution in [0.5, 0.6) is 0 Å². The lowest BCUT2D eigenvalue weighted by Crippen LogP contribution is -2.03. The minimum atomic E-state index is -0.115. The molecule has 0 saturated carbocycles. The molecule has 5 aromatic rings. The maximum atomic E-state index is 9.71. The highest BCUT2D eigenvalue weighted by Crippen LogP contribution is 2.30. The molecule has 7 nitrogen and oxygen atoms in total. The highest BCUT2D eigenvalue weighted by atomic mass is 16.3. The van der Waals surface area contributed by atoms with Gasteiger partial charge >= 0.3 is 0 Å². The van der Waals surface area contributed by atoms with Crippen molar-refractivity contribution in [1.82, 2.24) is 29.3 Å². The zero-order valence-electron chi connectivity index (χ0n) is 15.7. The van der Waals surface area contributed by atoms with Gasteiger partial charge in [-0.05, 0) is 25.1 Å². The zero-order valence-corrected chi connectivity index (χ0v) is 15.7. The van der Waals surface area contributed by atoms with Crippen LogP contribution < -0.4 is 0 Å². The van der Waals surface area contributed by atoms with E-state index in [0.717, 1.165) is 45.3 Å². The first-order valence-electron chi connectivity index (χ1n) is 9.26. The van der Waals surface area contributed by atoms with Crippen molar-refractivity contribution in [3.63, 3.8) is 0 Å². The minimum absolute atomic E-state index is 0.115. The first kappa shape index (κ1) is 16.7. The van der Waals surface area contributed by atoms with Gasteiger partial charge in [0.05, 0.1) is 47.1 Å². The number of para-hydroxylation sites is 1. The molecule has 1 N–H and O–H groups in total. The van der Waals surface area contributed by atoms with Gasteiger partial charge in [-0.15, -0.1) is 0 Å². The monoisotopic (exact) mass is 372 g/mol. The predicted octanol–water partition coefficient (Wildman–Crippen LogP) is 3.29. The summed E-state index contributed by atoms with van der Waals surface area (Å²) in [6.45, 7) is 2.77. The van der Waals surface area contributed by atoms with E-state index in [0.29, 0.717) is 5.69 Å². The Morgan fingerprint density at radius 3 is 2.68 bits per heavy atom. The molecule has 0 unspecified atom stereocenters. The van der Waals surface area contributed by atoms with Crippen LogP contribution in [0.15, 0.2) is 54.9 Å². The summed E-state index contributed by atoms with van der Waals surface area (Å²) in [5.41, 5.74) is 5.57. The number of benzene rings is 2. The van der Waals surface area contributed by atoms with Gasteiger partial charge in [0.2, 0.25) is 0 Å². The Labute approximate surface area is 161 Å². The zero-order chi connectivity index (χ0) is 19.3. The second-order valence-electron chi connectivity index (χ2n) is 6.81. The highest BCUT2D eigenvalue weighted by Gasteiger charge is 2.16. The van der Waals surface area contributed by atoms with Crippen molar-refractivity contribution in [1.29, 1.82) is 0 Å². The van der Waals surface area contributed by atoms with Crippen molar-refractivity contribution >= 4 is 21.8 Å². The number of rotatable bonds is 4. The van der Waals surface area contributed by atoms with Crippen molar-refractivity contribution in [2.45, 2.75) is 20.1 Å². The summed E-state index contributed by atoms with van der Waals surface area (Å²) < 4.78 is 5.72. The fourth-order valence-corrected chi connectivity index (χ4v) is 3.76. The molecular weight excluding hydrogens is 352 g/mol. The summed E-state index contributed by atoms with van der Waals surface area (Å²) in [4.78, 5) is 0. The summed E-state index contributed by atoms with van der Waals surface area (Å²) in [6, 6.07) is 14.3. The molecule has 140 valence electrons. The molecule has 3 aromatic heterocycles. The van der Waals surface area contributed by atoms with E-state index in [1.807, 2.05) is 57.8 Å². The van der Waals surface area contributed by atoms with Crippen molar-refractivity contribution < 1.29 is 5.11 Å². The quantitative estimate of drug-likeness (QED) is 0.525. The second kappa shape index (κ2) is 6.31. The van der Waals surface area contributed by atoms with Crippen molar-refractivity contribution in [3.8, 4) is 16.9 Å². The molecule has 0 bridgehead atoms. The topological polar surface area (TPSA) is 73.7 Å². The lowest BCUT2D eigenvalue weighted by Gasteiger charge is -2.10. The standard InChI is InChI=1S/C21H20N6O/c1-3-26-19-9-14(7-8-15(19)11-23-26)20-10-17(13-28)24-27(20)18-6-4-5-16-12-22-25(2)21(16)18/h4-12,28H,3,13H2,1-2H3. The molecule has 0 aliphatic carbocycles. The van der Waals surface area contributed by atoms with Gasteiger partial charge in [-0.25, -0.2) is 4.68 Å². The Bertz CT molecular complexity index is 1310. The van der Waals surface area contributed by atoms with E-state index in [4.69, 9.17) is 0 Å². The molecule has 0 radical (unpaired) electrons. The fourth-order valence-electron chi connectivity index (χ4n) is 3.76. The lowest BCUT2D eigenvalue weighted by molar-refractivity contribution is 0.276. The third kappa shape index (κ3) is 2.44. The van der Waals surface area contributed by atoms with Crippen LogP contribution in [-0.4, -0.2) is 34.4 Å². The fraction of sp³-hybridized carbons (Fsp3) is 0.190. The van der Waals surface area contributed by atoms with Gasteiger partial charge in [0.1, 0.15) is 0 Å². The average Bonchev–Trinajstić information content (AvgIpc) is 3.43. The van der Waals surface area contributed by atoms with Crippen LogP contribution in [0.25, 0.3) is 38.8 Å². The Balaban J connectivity index is 1.77. The van der Waals surface area contributed by atoms with Gasteiger partial charge in [-0.2, -0.15) is 15.3 Å². The van der Waals surface area contributed by atoms with Crippen LogP contribution in [0, 0.1) is 0 Å². The lowest BCUT2D eigenvalue weighted by atomic mass is 10.1. The smallest absolute Gasteiger partial charge is 0.0936 e. The molecule has 0 atom stereocenters. The summed E-state index contributed by atoms with van der Waals surface area (Å²) in [7, 11) is 1.92. The Morgan fingerprint density at radius 2 is 1.86 bits per heavy atom. The van der Waals surface area contributed by atoms with E-state index >= 15 is 0 Å². The third-order valence-electron chi connectivity index (χ3n) is 5.13. The Kier molecular flexibility index (Phi) is 3.77. The summed E-state index contributed by atoms with van der Waals surface area (Å²) in [5.74, 6) is 0. The SMILES string of the molecule is CCn1ncc2ccc(-c3cc(CO)nn3-c3cccc4cnn(C)c34)cc21. The van der Waals surface area contributed by atoms with Gasteiger partial charge in [0.15, 0.2) is 0 Å². The Hall–Kier alpha value is -3.45. The second-order valence-corrected chi connectivity index (χ2v) is 6.81. The van der Waals surface area contributed by atoms with Crippen LogP contribution >= 0.6 is 0 Å². The number of aromatic nitrogens is 6. The predicted molar refractivity (Wildman–Crippen MR) is 108 cm³/mol. The van der Waals surface area contributed by atoms with Crippen LogP contribution in [0.1, 0.15) is 12.6 Å². The maximum Gasteiger partial charge on any atom is 0.0936 e. The molecule has 0 spiro atoms. The number of hydrogen-bond donors (Lipinski definition) is 1. The molecule has 0 amide bonds. The number of nitrogens with zero attached hydrogens (tertiary/aromatic N) is 6. The number of hydrogen-bond acceptors (Lipinski definition) is 4. The third-order valence-corrected chi connectivity index (χ3v) is 5.13. The number of aliphatic hydroxyl groups excluding tert-OH is 1. The molecule has 0 aliphatic heterocycles. The van der Waals surface area contributed by atoms with Crippen molar-refractivity contribution in [2.24, 2.45) is 7.05 Å². The highest BCUT2D eigenvalue weighted by molar-refractivity contribution is 5.88. The van der Waals surface area contributed by atoms with Crippen LogP contribution in [-0.2, 0) is 20.2 Å². The van der Waals surface area contributed by atoms with Crippen LogP contribution in [0.2, 0.25) is 0 Å². The van der Waals surface area contributed by atoms with Gasteiger partial charge in [-0.1, -0.05) is 24.3 Å². The molecule has 2 aromatic carbocycles. The summed E-state index contributed by atoms with van der Waals surface area (Å²) >= 11 is 0. The molecule has 0 aliphatic rings. The number of aryl methyl sites for hydroxylation is 2. The van der Waals surface area contributed by atoms with Gasteiger partial charge in [0, 0.05) is 29.9 Å². The largest absolute Gasteiger partial charge is 0.390 e. The molecule has 7 heteroatoms. The average molecular weight is 372 g/mol. The van der Waals surface area contributed by atoms with Gasteiger partial charge in [-0.3, -0.25) is 9.36 Å². The van der Waals surface area contributed by atoms with Crippen molar-refractivity contribution in [2.75, 3.05) is 0 Å². The molecule has 28 heavy (non-hydrogen) atoms.